The molecule has 4 heterocycles. The van der Waals surface area contributed by atoms with Crippen LogP contribution in [0.4, 0.5) is 0 Å². The maximum absolute atomic E-state index is 6.19. The molecule has 0 aromatic carbocycles. The Hall–Kier alpha value is -0.280. The van der Waals surface area contributed by atoms with E-state index in [-0.39, 0.29) is 55.1 Å². The smallest absolute Gasteiger partial charge is 0.171 e. The Morgan fingerprint density at radius 2 is 0.939 bits per heavy atom. The molecule has 7 heteroatoms. The number of hydrogen-bond acceptors (Lipinski definition) is 7. The average molecular weight is 476 g/mol. The van der Waals surface area contributed by atoms with E-state index in [9.17, 15) is 0 Å². The van der Waals surface area contributed by atoms with Gasteiger partial charge in [0.15, 0.2) is 18.4 Å². The van der Waals surface area contributed by atoms with E-state index in [0.717, 1.165) is 26.1 Å². The van der Waals surface area contributed by atoms with Crippen LogP contribution in [0.25, 0.3) is 0 Å². The number of rotatable bonds is 0. The molecule has 2 spiro atoms. The van der Waals surface area contributed by atoms with Gasteiger partial charge in [-0.3, -0.25) is 4.90 Å². The second-order valence-electron chi connectivity index (χ2n) is 12.1. The highest BCUT2D eigenvalue weighted by molar-refractivity contribution is 5.03. The van der Waals surface area contributed by atoms with Gasteiger partial charge in [-0.25, -0.2) is 0 Å². The molecule has 7 nitrogen and oxygen atoms in total. The molecule has 4 saturated heterocycles. The van der Waals surface area contributed by atoms with Crippen LogP contribution in [0.2, 0.25) is 0 Å². The van der Waals surface area contributed by atoms with Gasteiger partial charge in [-0.05, 0) is 48.6 Å². The number of ether oxygens (including phenoxy) is 6. The average Bonchev–Trinajstić information content (AvgIpc) is 2.68. The second kappa shape index (κ2) is 10.8. The highest BCUT2D eigenvalue weighted by atomic mass is 16.7. The molecule has 0 amide bonds. The van der Waals surface area contributed by atoms with Crippen molar-refractivity contribution in [3.63, 3.8) is 0 Å². The van der Waals surface area contributed by atoms with Crippen molar-refractivity contribution < 1.29 is 28.4 Å². The van der Waals surface area contributed by atoms with Gasteiger partial charge in [-0.1, -0.05) is 28.7 Å². The van der Waals surface area contributed by atoms with E-state index in [0.29, 0.717) is 26.4 Å². The van der Waals surface area contributed by atoms with Crippen LogP contribution < -0.4 is 0 Å². The number of nitrogens with zero attached hydrogens (tertiary/aromatic N) is 1. The van der Waals surface area contributed by atoms with Gasteiger partial charge in [0.2, 0.25) is 0 Å². The van der Waals surface area contributed by atoms with Gasteiger partial charge >= 0.3 is 0 Å². The summed E-state index contributed by atoms with van der Waals surface area (Å²) in [7, 11) is 2.21. The minimum absolute atomic E-state index is 0. The fraction of sp³-hybridized carbons (Fsp3) is 1.00. The predicted molar refractivity (Wildman–Crippen MR) is 132 cm³/mol. The number of hydrogen-bond donors (Lipinski definition) is 0. The minimum Gasteiger partial charge on any atom is -0.352 e. The first-order valence-corrected chi connectivity index (χ1v) is 11.7. The highest BCUT2D eigenvalue weighted by Gasteiger charge is 2.54. The van der Waals surface area contributed by atoms with E-state index in [1.807, 2.05) is 13.8 Å². The van der Waals surface area contributed by atoms with Gasteiger partial charge in [0.1, 0.15) is 0 Å². The Morgan fingerprint density at radius 3 is 1.27 bits per heavy atom. The minimum atomic E-state index is -0.380. The zero-order valence-electron chi connectivity index (χ0n) is 21.2. The van der Waals surface area contributed by atoms with Crippen LogP contribution in [0, 0.1) is 10.8 Å². The molecule has 0 N–H and O–H groups in total. The molecule has 0 unspecified atom stereocenters. The van der Waals surface area contributed by atoms with Crippen LogP contribution >= 0.6 is 0 Å². The zero-order chi connectivity index (χ0) is 23.1. The third-order valence-electron chi connectivity index (χ3n) is 7.17. The van der Waals surface area contributed by atoms with Crippen molar-refractivity contribution in [2.24, 2.45) is 10.8 Å². The molecule has 4 rings (SSSR count). The SMILES string of the molecule is C.C.CC1OCC2(CO1)COC(C)OC2.CN1C(C)(C)CC2(CC1(C)C)OCC(C)(C)CO2. The molecule has 4 fully saturated rings. The first kappa shape index (κ1) is 30.8. The van der Waals surface area contributed by atoms with Crippen LogP contribution in [0.5, 0.6) is 0 Å². The summed E-state index contributed by atoms with van der Waals surface area (Å²) in [5.41, 5.74) is 0.272. The Morgan fingerprint density at radius 1 is 0.606 bits per heavy atom. The topological polar surface area (TPSA) is 58.6 Å². The van der Waals surface area contributed by atoms with E-state index < -0.39 is 0 Å². The van der Waals surface area contributed by atoms with Crippen molar-refractivity contribution in [3.05, 3.63) is 0 Å². The zero-order valence-corrected chi connectivity index (χ0v) is 21.2. The van der Waals surface area contributed by atoms with E-state index in [1.54, 1.807) is 0 Å². The van der Waals surface area contributed by atoms with Crippen molar-refractivity contribution in [1.29, 1.82) is 0 Å². The molecule has 0 aromatic heterocycles. The first-order chi connectivity index (χ1) is 14.2. The third kappa shape index (κ3) is 7.35. The summed E-state index contributed by atoms with van der Waals surface area (Å²) in [6.07, 6.45) is 1.70. The van der Waals surface area contributed by atoms with Crippen LogP contribution in [-0.2, 0) is 28.4 Å². The monoisotopic (exact) mass is 475 g/mol. The summed E-state index contributed by atoms with van der Waals surface area (Å²) in [6.45, 7) is 21.6. The highest BCUT2D eigenvalue weighted by Crippen LogP contribution is 2.47. The second-order valence-corrected chi connectivity index (χ2v) is 12.1. The molecule has 33 heavy (non-hydrogen) atoms. The largest absolute Gasteiger partial charge is 0.352 e. The molecule has 0 bridgehead atoms. The third-order valence-corrected chi connectivity index (χ3v) is 7.17. The maximum Gasteiger partial charge on any atom is 0.171 e. The van der Waals surface area contributed by atoms with Gasteiger partial charge in [0, 0.05) is 29.3 Å². The van der Waals surface area contributed by atoms with Gasteiger partial charge < -0.3 is 28.4 Å². The van der Waals surface area contributed by atoms with Crippen molar-refractivity contribution >= 4 is 0 Å². The normalized spacial score (nSPS) is 36.6. The van der Waals surface area contributed by atoms with E-state index in [1.165, 1.54) is 0 Å². The van der Waals surface area contributed by atoms with Gasteiger partial charge in [0.05, 0.1) is 45.1 Å². The van der Waals surface area contributed by atoms with E-state index in [4.69, 9.17) is 28.4 Å². The van der Waals surface area contributed by atoms with Crippen molar-refractivity contribution in [1.82, 2.24) is 4.90 Å². The Labute approximate surface area is 203 Å². The van der Waals surface area contributed by atoms with Crippen molar-refractivity contribution in [2.75, 3.05) is 46.7 Å². The Bertz CT molecular complexity index is 550. The Kier molecular flexibility index (Phi) is 10.0. The van der Waals surface area contributed by atoms with Crippen LogP contribution in [-0.4, -0.2) is 81.0 Å². The van der Waals surface area contributed by atoms with E-state index >= 15 is 0 Å². The summed E-state index contributed by atoms with van der Waals surface area (Å²) in [6, 6.07) is 0. The summed E-state index contributed by atoms with van der Waals surface area (Å²) < 4.78 is 34.1. The number of likely N-dealkylation sites (tertiary alicyclic amines) is 1. The van der Waals surface area contributed by atoms with Crippen molar-refractivity contribution in [2.45, 2.75) is 113 Å². The number of piperidine rings is 1. The summed E-state index contributed by atoms with van der Waals surface area (Å²) in [5.74, 6) is -0.380. The molecule has 198 valence electrons. The predicted octanol–water partition coefficient (Wildman–Crippen LogP) is 5.07. The molecule has 0 atom stereocenters. The lowest BCUT2D eigenvalue weighted by Crippen LogP contribution is -2.66. The lowest BCUT2D eigenvalue weighted by Gasteiger charge is -2.59. The molecular weight excluding hydrogens is 422 g/mol. The van der Waals surface area contributed by atoms with Crippen molar-refractivity contribution in [3.8, 4) is 0 Å². The summed E-state index contributed by atoms with van der Waals surface area (Å²) >= 11 is 0. The quantitative estimate of drug-likeness (QED) is 0.485. The lowest BCUT2D eigenvalue weighted by atomic mass is 9.75. The molecule has 0 aliphatic carbocycles. The van der Waals surface area contributed by atoms with Gasteiger partial charge in [-0.15, -0.1) is 0 Å². The van der Waals surface area contributed by atoms with E-state index in [2.05, 4.69) is 53.5 Å². The fourth-order valence-corrected chi connectivity index (χ4v) is 4.90. The lowest BCUT2D eigenvalue weighted by molar-refractivity contribution is -0.337. The van der Waals surface area contributed by atoms with Crippen LogP contribution in [0.1, 0.15) is 83.1 Å². The fourth-order valence-electron chi connectivity index (χ4n) is 4.90. The van der Waals surface area contributed by atoms with Gasteiger partial charge in [0.25, 0.3) is 0 Å². The standard InChI is InChI=1S/C15H29NO2.C9H16O4.2CH4/c1-12(2)10-17-15(18-11-12)8-13(3,4)16(7)14(5,6)9-15;1-7-10-3-9(4-11-7)5-12-8(2)13-6-9;;/h8-11H2,1-7H3;7-8H,3-6H2,1-2H3;2*1H4. The molecule has 0 saturated carbocycles. The first-order valence-electron chi connectivity index (χ1n) is 11.7. The molecular formula is C26H53NO6. The molecule has 0 radical (unpaired) electrons. The molecule has 0 aromatic rings. The van der Waals surface area contributed by atoms with Crippen LogP contribution in [0.3, 0.4) is 0 Å². The maximum atomic E-state index is 6.19. The van der Waals surface area contributed by atoms with Crippen LogP contribution in [0.15, 0.2) is 0 Å². The molecule has 4 aliphatic rings. The van der Waals surface area contributed by atoms with Gasteiger partial charge in [-0.2, -0.15) is 0 Å². The Balaban J connectivity index is 0.000000324. The summed E-state index contributed by atoms with van der Waals surface area (Å²) in [4.78, 5) is 2.46. The summed E-state index contributed by atoms with van der Waals surface area (Å²) in [5, 5.41) is 0. The molecule has 4 aliphatic heterocycles.